The van der Waals surface area contributed by atoms with Crippen molar-refractivity contribution in [2.45, 2.75) is 0 Å². The van der Waals surface area contributed by atoms with Crippen molar-refractivity contribution in [2.75, 3.05) is 11.1 Å². The SMILES string of the molecule is Nc1ccc(NC(=O)c2cc(Cl)cc([N+](=O)[O-])c2)cn1. The number of halogens is 1. The third-order valence-corrected chi connectivity index (χ3v) is 2.62. The van der Waals surface area contributed by atoms with Crippen LogP contribution in [-0.2, 0) is 0 Å². The molecule has 2 rings (SSSR count). The van der Waals surface area contributed by atoms with Crippen molar-refractivity contribution in [3.63, 3.8) is 0 Å². The van der Waals surface area contributed by atoms with Crippen LogP contribution in [0.4, 0.5) is 17.2 Å². The van der Waals surface area contributed by atoms with Gasteiger partial charge < -0.3 is 11.1 Å². The topological polar surface area (TPSA) is 111 Å². The van der Waals surface area contributed by atoms with Crippen LogP contribution in [-0.4, -0.2) is 15.8 Å². The molecule has 0 aliphatic heterocycles. The number of benzene rings is 1. The average molecular weight is 293 g/mol. The van der Waals surface area contributed by atoms with Gasteiger partial charge in [0.1, 0.15) is 5.82 Å². The maximum absolute atomic E-state index is 12.0. The molecule has 0 atom stereocenters. The number of anilines is 2. The highest BCUT2D eigenvalue weighted by Gasteiger charge is 2.14. The molecule has 1 aromatic heterocycles. The lowest BCUT2D eigenvalue weighted by atomic mass is 10.2. The monoisotopic (exact) mass is 292 g/mol. The Balaban J connectivity index is 2.25. The summed E-state index contributed by atoms with van der Waals surface area (Å²) in [6, 6.07) is 6.75. The molecule has 2 aromatic rings. The van der Waals surface area contributed by atoms with Crippen molar-refractivity contribution in [2.24, 2.45) is 0 Å². The summed E-state index contributed by atoms with van der Waals surface area (Å²) in [5, 5.41) is 13.4. The van der Waals surface area contributed by atoms with Crippen LogP contribution in [0.2, 0.25) is 5.02 Å². The number of carbonyl (C=O) groups excluding carboxylic acids is 1. The molecule has 8 heteroatoms. The number of carbonyl (C=O) groups is 1. The lowest BCUT2D eigenvalue weighted by Crippen LogP contribution is -2.12. The number of pyridine rings is 1. The maximum atomic E-state index is 12.0. The Labute approximate surface area is 118 Å². The molecule has 102 valence electrons. The average Bonchev–Trinajstić information content (AvgIpc) is 2.40. The third-order valence-electron chi connectivity index (χ3n) is 2.40. The molecular weight excluding hydrogens is 284 g/mol. The minimum atomic E-state index is -0.618. The molecule has 1 heterocycles. The van der Waals surface area contributed by atoms with Crippen molar-refractivity contribution >= 4 is 34.7 Å². The fraction of sp³-hybridized carbons (Fsp3) is 0. The number of nitro groups is 1. The first kappa shape index (κ1) is 13.8. The lowest BCUT2D eigenvalue weighted by Gasteiger charge is -2.05. The molecule has 7 nitrogen and oxygen atoms in total. The van der Waals surface area contributed by atoms with Gasteiger partial charge in [0, 0.05) is 22.7 Å². The van der Waals surface area contributed by atoms with Crippen LogP contribution in [0.3, 0.4) is 0 Å². The minimum absolute atomic E-state index is 0.0843. The first-order valence-electron chi connectivity index (χ1n) is 5.43. The van der Waals surface area contributed by atoms with Gasteiger partial charge in [0.05, 0.1) is 16.8 Å². The van der Waals surface area contributed by atoms with Crippen LogP contribution < -0.4 is 11.1 Å². The van der Waals surface area contributed by atoms with E-state index in [0.29, 0.717) is 11.5 Å². The maximum Gasteiger partial charge on any atom is 0.271 e. The molecule has 0 fully saturated rings. The number of nitrogens with zero attached hydrogens (tertiary/aromatic N) is 2. The Morgan fingerprint density at radius 1 is 1.35 bits per heavy atom. The van der Waals surface area contributed by atoms with Gasteiger partial charge in [0.2, 0.25) is 0 Å². The van der Waals surface area contributed by atoms with E-state index >= 15 is 0 Å². The van der Waals surface area contributed by atoms with Crippen LogP contribution in [0.1, 0.15) is 10.4 Å². The molecule has 20 heavy (non-hydrogen) atoms. The van der Waals surface area contributed by atoms with E-state index in [-0.39, 0.29) is 16.3 Å². The summed E-state index contributed by atoms with van der Waals surface area (Å²) in [7, 11) is 0. The second-order valence-corrected chi connectivity index (χ2v) is 4.32. The molecule has 0 saturated carbocycles. The van der Waals surface area contributed by atoms with Gasteiger partial charge in [0.25, 0.3) is 11.6 Å². The highest BCUT2D eigenvalue weighted by atomic mass is 35.5. The Morgan fingerprint density at radius 3 is 2.70 bits per heavy atom. The first-order valence-corrected chi connectivity index (χ1v) is 5.81. The number of nitrogens with one attached hydrogen (secondary N) is 1. The summed E-state index contributed by atoms with van der Waals surface area (Å²) in [6.45, 7) is 0. The second-order valence-electron chi connectivity index (χ2n) is 3.88. The number of nitrogen functional groups attached to an aromatic ring is 1. The number of nitro benzene ring substituents is 1. The van der Waals surface area contributed by atoms with Crippen LogP contribution in [0.5, 0.6) is 0 Å². The standard InChI is InChI=1S/C12H9ClN4O3/c13-8-3-7(4-10(5-8)17(19)20)12(18)16-9-1-2-11(14)15-6-9/h1-6H,(H2,14,15)(H,16,18). The van der Waals surface area contributed by atoms with Crippen molar-refractivity contribution in [1.82, 2.24) is 4.98 Å². The predicted octanol–water partition coefficient (Wildman–Crippen LogP) is 2.48. The van der Waals surface area contributed by atoms with Crippen molar-refractivity contribution < 1.29 is 9.72 Å². The summed E-state index contributed by atoms with van der Waals surface area (Å²) < 4.78 is 0. The summed E-state index contributed by atoms with van der Waals surface area (Å²) in [5.74, 6) is -0.205. The first-order chi connectivity index (χ1) is 9.45. The van der Waals surface area contributed by atoms with Crippen molar-refractivity contribution in [3.05, 3.63) is 57.2 Å². The number of nitrogens with two attached hydrogens (primary N) is 1. The fourth-order valence-corrected chi connectivity index (χ4v) is 1.72. The number of non-ortho nitro benzene ring substituents is 1. The summed E-state index contributed by atoms with van der Waals surface area (Å²) in [6.07, 6.45) is 1.38. The van der Waals surface area contributed by atoms with E-state index in [9.17, 15) is 14.9 Å². The van der Waals surface area contributed by atoms with Gasteiger partial charge in [-0.25, -0.2) is 4.98 Å². The molecule has 0 spiro atoms. The third kappa shape index (κ3) is 3.21. The summed E-state index contributed by atoms with van der Waals surface area (Å²) >= 11 is 5.75. The van der Waals surface area contributed by atoms with E-state index in [1.54, 1.807) is 6.07 Å². The normalized spacial score (nSPS) is 10.1. The molecule has 1 amide bonds. The van der Waals surface area contributed by atoms with E-state index in [0.717, 1.165) is 6.07 Å². The largest absolute Gasteiger partial charge is 0.384 e. The molecule has 0 radical (unpaired) electrons. The molecule has 0 saturated heterocycles. The van der Waals surface area contributed by atoms with Gasteiger partial charge in [-0.15, -0.1) is 0 Å². The molecule has 0 aliphatic carbocycles. The predicted molar refractivity (Wildman–Crippen MR) is 74.7 cm³/mol. The highest BCUT2D eigenvalue weighted by molar-refractivity contribution is 6.31. The van der Waals surface area contributed by atoms with Crippen LogP contribution in [0.15, 0.2) is 36.5 Å². The number of amides is 1. The van der Waals surface area contributed by atoms with E-state index in [4.69, 9.17) is 17.3 Å². The molecule has 0 aliphatic rings. The zero-order chi connectivity index (χ0) is 14.7. The number of hydrogen-bond donors (Lipinski definition) is 2. The zero-order valence-electron chi connectivity index (χ0n) is 10.0. The van der Waals surface area contributed by atoms with Gasteiger partial charge >= 0.3 is 0 Å². The Kier molecular flexibility index (Phi) is 3.81. The van der Waals surface area contributed by atoms with Crippen LogP contribution in [0, 0.1) is 10.1 Å². The van der Waals surface area contributed by atoms with E-state index in [1.165, 1.54) is 24.4 Å². The van der Waals surface area contributed by atoms with E-state index in [2.05, 4.69) is 10.3 Å². The number of aromatic nitrogens is 1. The lowest BCUT2D eigenvalue weighted by molar-refractivity contribution is -0.384. The minimum Gasteiger partial charge on any atom is -0.384 e. The smallest absolute Gasteiger partial charge is 0.271 e. The molecule has 1 aromatic carbocycles. The Hall–Kier alpha value is -2.67. The van der Waals surface area contributed by atoms with Crippen LogP contribution >= 0.6 is 11.6 Å². The highest BCUT2D eigenvalue weighted by Crippen LogP contribution is 2.21. The van der Waals surface area contributed by atoms with Gasteiger partial charge in [0.15, 0.2) is 0 Å². The fourth-order valence-electron chi connectivity index (χ4n) is 1.49. The number of rotatable bonds is 3. The van der Waals surface area contributed by atoms with Crippen molar-refractivity contribution in [3.8, 4) is 0 Å². The summed E-state index contributed by atoms with van der Waals surface area (Å²) in [4.78, 5) is 25.9. The Morgan fingerprint density at radius 2 is 2.10 bits per heavy atom. The summed E-state index contributed by atoms with van der Waals surface area (Å²) in [5.41, 5.74) is 5.68. The second kappa shape index (κ2) is 5.54. The van der Waals surface area contributed by atoms with Crippen molar-refractivity contribution in [1.29, 1.82) is 0 Å². The van der Waals surface area contributed by atoms with E-state index < -0.39 is 10.8 Å². The van der Waals surface area contributed by atoms with Gasteiger partial charge in [-0.05, 0) is 18.2 Å². The van der Waals surface area contributed by atoms with Crippen LogP contribution in [0.25, 0.3) is 0 Å². The molecular formula is C12H9ClN4O3. The van der Waals surface area contributed by atoms with E-state index in [1.807, 2.05) is 0 Å². The molecule has 0 bridgehead atoms. The van der Waals surface area contributed by atoms with Gasteiger partial charge in [-0.2, -0.15) is 0 Å². The van der Waals surface area contributed by atoms with Gasteiger partial charge in [-0.1, -0.05) is 11.6 Å². The quantitative estimate of drug-likeness (QED) is 0.667. The molecule has 3 N–H and O–H groups in total. The molecule has 0 unspecified atom stereocenters. The Bertz CT molecular complexity index is 673. The zero-order valence-corrected chi connectivity index (χ0v) is 10.8. The van der Waals surface area contributed by atoms with Gasteiger partial charge in [-0.3, -0.25) is 14.9 Å². The number of hydrogen-bond acceptors (Lipinski definition) is 5.